The number of nitrogens with two attached hydrogens (primary N) is 1. The quantitative estimate of drug-likeness (QED) is 0.412. The fourth-order valence-corrected chi connectivity index (χ4v) is 1.05. The van der Waals surface area contributed by atoms with E-state index in [1.165, 1.54) is 0 Å². The Morgan fingerprint density at radius 1 is 1.53 bits per heavy atom. The van der Waals surface area contributed by atoms with Gasteiger partial charge in [-0.25, -0.2) is 4.98 Å². The van der Waals surface area contributed by atoms with Crippen LogP contribution in [0.3, 0.4) is 0 Å². The monoisotopic (exact) mass is 209 g/mol. The molecule has 0 amide bonds. The van der Waals surface area contributed by atoms with Crippen LogP contribution in [-0.4, -0.2) is 30.6 Å². The molecule has 5 nitrogen and oxygen atoms in total. The maximum Gasteiger partial charge on any atom is 0.224 e. The summed E-state index contributed by atoms with van der Waals surface area (Å²) in [5.41, 5.74) is 5.89. The zero-order valence-electron chi connectivity index (χ0n) is 8.69. The summed E-state index contributed by atoms with van der Waals surface area (Å²) in [4.78, 5) is 4.00. The molecule has 0 aliphatic heterocycles. The van der Waals surface area contributed by atoms with Gasteiger partial charge in [0.15, 0.2) is 0 Å². The van der Waals surface area contributed by atoms with Gasteiger partial charge in [0.25, 0.3) is 0 Å². The molecule has 0 saturated heterocycles. The predicted octanol–water partition coefficient (Wildman–Crippen LogP) is 0.781. The average molecular weight is 209 g/mol. The Balaban J connectivity index is 2.56. The van der Waals surface area contributed by atoms with E-state index in [1.54, 1.807) is 18.3 Å². The minimum atomic E-state index is -0.0468. The highest BCUT2D eigenvalue weighted by atomic mass is 16.5. The van der Waals surface area contributed by atoms with Crippen LogP contribution in [0, 0.1) is 5.41 Å². The van der Waals surface area contributed by atoms with Crippen molar-refractivity contribution in [2.75, 3.05) is 19.8 Å². The molecule has 1 rings (SSSR count). The summed E-state index contributed by atoms with van der Waals surface area (Å²) < 4.78 is 10.5. The summed E-state index contributed by atoms with van der Waals surface area (Å²) in [6, 6.07) is 3.41. The minimum absolute atomic E-state index is 0.0468. The van der Waals surface area contributed by atoms with E-state index in [9.17, 15) is 0 Å². The van der Waals surface area contributed by atoms with Crippen molar-refractivity contribution in [1.82, 2.24) is 4.98 Å². The third-order valence-electron chi connectivity index (χ3n) is 1.73. The average Bonchev–Trinajstić information content (AvgIpc) is 2.25. The third kappa shape index (κ3) is 3.55. The van der Waals surface area contributed by atoms with Gasteiger partial charge in [-0.1, -0.05) is 0 Å². The SMILES string of the molecule is CCOCCOc1ncccc1C(=N)N. The van der Waals surface area contributed by atoms with Crippen LogP contribution in [0.15, 0.2) is 18.3 Å². The molecule has 0 radical (unpaired) electrons. The van der Waals surface area contributed by atoms with E-state index >= 15 is 0 Å². The van der Waals surface area contributed by atoms with Crippen molar-refractivity contribution in [3.8, 4) is 5.88 Å². The molecule has 0 spiro atoms. The third-order valence-corrected chi connectivity index (χ3v) is 1.73. The van der Waals surface area contributed by atoms with Crippen molar-refractivity contribution in [3.63, 3.8) is 0 Å². The molecule has 1 aromatic rings. The van der Waals surface area contributed by atoms with Crippen LogP contribution in [0.1, 0.15) is 12.5 Å². The number of ether oxygens (including phenoxy) is 2. The first-order valence-electron chi connectivity index (χ1n) is 4.75. The summed E-state index contributed by atoms with van der Waals surface area (Å²) in [6.45, 7) is 3.49. The molecule has 0 bridgehead atoms. The second-order valence-electron chi connectivity index (χ2n) is 2.82. The van der Waals surface area contributed by atoms with Gasteiger partial charge in [-0.2, -0.15) is 0 Å². The van der Waals surface area contributed by atoms with E-state index in [1.807, 2.05) is 6.92 Å². The Labute approximate surface area is 88.7 Å². The van der Waals surface area contributed by atoms with Crippen LogP contribution in [0.2, 0.25) is 0 Å². The highest BCUT2D eigenvalue weighted by Gasteiger charge is 2.06. The zero-order valence-corrected chi connectivity index (χ0v) is 8.69. The summed E-state index contributed by atoms with van der Waals surface area (Å²) >= 11 is 0. The van der Waals surface area contributed by atoms with Crippen molar-refractivity contribution >= 4 is 5.84 Å². The van der Waals surface area contributed by atoms with E-state index < -0.39 is 0 Å². The number of hydrogen-bond donors (Lipinski definition) is 2. The number of nitrogens with zero attached hydrogens (tertiary/aromatic N) is 1. The van der Waals surface area contributed by atoms with Crippen molar-refractivity contribution < 1.29 is 9.47 Å². The largest absolute Gasteiger partial charge is 0.475 e. The van der Waals surface area contributed by atoms with Gasteiger partial charge in [0.05, 0.1) is 12.2 Å². The Morgan fingerprint density at radius 3 is 3.00 bits per heavy atom. The lowest BCUT2D eigenvalue weighted by Gasteiger charge is -2.08. The van der Waals surface area contributed by atoms with E-state index in [2.05, 4.69) is 4.98 Å². The fourth-order valence-electron chi connectivity index (χ4n) is 1.05. The molecule has 1 heterocycles. The van der Waals surface area contributed by atoms with Gasteiger partial charge in [0, 0.05) is 12.8 Å². The Bertz CT molecular complexity index is 328. The lowest BCUT2D eigenvalue weighted by atomic mass is 10.2. The van der Waals surface area contributed by atoms with Gasteiger partial charge < -0.3 is 15.2 Å². The van der Waals surface area contributed by atoms with E-state index in [0.29, 0.717) is 31.3 Å². The Hall–Kier alpha value is -1.62. The van der Waals surface area contributed by atoms with Crippen LogP contribution in [-0.2, 0) is 4.74 Å². The summed E-state index contributed by atoms with van der Waals surface area (Å²) in [7, 11) is 0. The summed E-state index contributed by atoms with van der Waals surface area (Å²) in [5.74, 6) is 0.333. The standard InChI is InChI=1S/C10H15N3O2/c1-2-14-6-7-15-10-8(9(11)12)4-3-5-13-10/h3-5H,2,6-7H2,1H3,(H3,11,12). The fraction of sp³-hybridized carbons (Fsp3) is 0.400. The van der Waals surface area contributed by atoms with Crippen LogP contribution in [0.4, 0.5) is 0 Å². The van der Waals surface area contributed by atoms with E-state index in [4.69, 9.17) is 20.6 Å². The van der Waals surface area contributed by atoms with Gasteiger partial charge in [-0.05, 0) is 19.1 Å². The van der Waals surface area contributed by atoms with E-state index in [0.717, 1.165) is 0 Å². The molecule has 0 fully saturated rings. The number of pyridine rings is 1. The summed E-state index contributed by atoms with van der Waals surface area (Å²) in [5, 5.41) is 7.32. The maximum atomic E-state index is 7.32. The van der Waals surface area contributed by atoms with Crippen LogP contribution >= 0.6 is 0 Å². The molecule has 15 heavy (non-hydrogen) atoms. The molecule has 0 unspecified atom stereocenters. The van der Waals surface area contributed by atoms with Crippen LogP contribution in [0.5, 0.6) is 5.88 Å². The van der Waals surface area contributed by atoms with Crippen LogP contribution in [0.25, 0.3) is 0 Å². The first-order chi connectivity index (χ1) is 7.25. The van der Waals surface area contributed by atoms with E-state index in [-0.39, 0.29) is 5.84 Å². The molecule has 5 heteroatoms. The van der Waals surface area contributed by atoms with Crippen molar-refractivity contribution in [2.45, 2.75) is 6.92 Å². The lowest BCUT2D eigenvalue weighted by Crippen LogP contribution is -2.15. The van der Waals surface area contributed by atoms with Crippen molar-refractivity contribution in [2.24, 2.45) is 5.73 Å². The first-order valence-corrected chi connectivity index (χ1v) is 4.75. The number of nitrogen functional groups attached to an aromatic ring is 1. The minimum Gasteiger partial charge on any atom is -0.475 e. The smallest absolute Gasteiger partial charge is 0.224 e. The predicted molar refractivity (Wildman–Crippen MR) is 57.2 cm³/mol. The molecule has 0 atom stereocenters. The first kappa shape index (κ1) is 11.5. The molecule has 0 aliphatic carbocycles. The van der Waals surface area contributed by atoms with Gasteiger partial charge in [0.2, 0.25) is 5.88 Å². The lowest BCUT2D eigenvalue weighted by molar-refractivity contribution is 0.108. The van der Waals surface area contributed by atoms with Crippen LogP contribution < -0.4 is 10.5 Å². The number of nitrogens with one attached hydrogen (secondary N) is 1. The van der Waals surface area contributed by atoms with Gasteiger partial charge in [0.1, 0.15) is 12.4 Å². The molecule has 3 N–H and O–H groups in total. The topological polar surface area (TPSA) is 81.2 Å². The van der Waals surface area contributed by atoms with Crippen molar-refractivity contribution in [3.05, 3.63) is 23.9 Å². The molecule has 1 aromatic heterocycles. The molecule has 82 valence electrons. The number of amidine groups is 1. The zero-order chi connectivity index (χ0) is 11.1. The summed E-state index contributed by atoms with van der Waals surface area (Å²) in [6.07, 6.45) is 1.60. The second kappa shape index (κ2) is 5.98. The molecule has 0 aromatic carbocycles. The molecular formula is C10H15N3O2. The number of hydrogen-bond acceptors (Lipinski definition) is 4. The highest BCUT2D eigenvalue weighted by Crippen LogP contribution is 2.12. The van der Waals surface area contributed by atoms with Gasteiger partial charge >= 0.3 is 0 Å². The Morgan fingerprint density at radius 2 is 2.33 bits per heavy atom. The van der Waals surface area contributed by atoms with Crippen molar-refractivity contribution in [1.29, 1.82) is 5.41 Å². The van der Waals surface area contributed by atoms with Gasteiger partial charge in [-0.15, -0.1) is 0 Å². The molecule has 0 aliphatic rings. The normalized spacial score (nSPS) is 9.93. The number of rotatable bonds is 6. The van der Waals surface area contributed by atoms with Gasteiger partial charge in [-0.3, -0.25) is 5.41 Å². The highest BCUT2D eigenvalue weighted by molar-refractivity contribution is 5.96. The Kier molecular flexibility index (Phi) is 4.56. The molecular weight excluding hydrogens is 194 g/mol. The second-order valence-corrected chi connectivity index (χ2v) is 2.82. The molecule has 0 saturated carbocycles. The maximum absolute atomic E-state index is 7.32. The number of aromatic nitrogens is 1.